The highest BCUT2D eigenvalue weighted by Gasteiger charge is 2.09. The van der Waals surface area contributed by atoms with Gasteiger partial charge in [-0.3, -0.25) is 4.79 Å². The predicted molar refractivity (Wildman–Crippen MR) is 96.2 cm³/mol. The summed E-state index contributed by atoms with van der Waals surface area (Å²) < 4.78 is 7.48. The number of amides is 1. The van der Waals surface area contributed by atoms with Crippen molar-refractivity contribution in [3.63, 3.8) is 0 Å². The van der Waals surface area contributed by atoms with Gasteiger partial charge in [0.2, 0.25) is 5.88 Å². The lowest BCUT2D eigenvalue weighted by Crippen LogP contribution is -2.19. The minimum absolute atomic E-state index is 0.194. The SMILES string of the molecule is Cc1cnc2ccc(C(=O)Nc3ccnc(OCCN(C)C)c3)cn12. The molecule has 0 spiro atoms. The van der Waals surface area contributed by atoms with Crippen LogP contribution in [0.5, 0.6) is 5.88 Å². The molecule has 1 N–H and O–H groups in total. The third kappa shape index (κ3) is 4.13. The van der Waals surface area contributed by atoms with Crippen molar-refractivity contribution in [2.24, 2.45) is 0 Å². The molecule has 7 heteroatoms. The molecule has 0 aliphatic rings. The fourth-order valence-corrected chi connectivity index (χ4v) is 2.34. The summed E-state index contributed by atoms with van der Waals surface area (Å²) in [5, 5.41) is 2.87. The van der Waals surface area contributed by atoms with Gasteiger partial charge in [0.25, 0.3) is 5.91 Å². The Morgan fingerprint density at radius 3 is 2.92 bits per heavy atom. The van der Waals surface area contributed by atoms with Gasteiger partial charge in [-0.2, -0.15) is 0 Å². The van der Waals surface area contributed by atoms with E-state index < -0.39 is 0 Å². The monoisotopic (exact) mass is 339 g/mol. The van der Waals surface area contributed by atoms with E-state index >= 15 is 0 Å². The summed E-state index contributed by atoms with van der Waals surface area (Å²) in [4.78, 5) is 22.9. The molecule has 130 valence electrons. The van der Waals surface area contributed by atoms with Gasteiger partial charge < -0.3 is 19.4 Å². The van der Waals surface area contributed by atoms with Crippen LogP contribution in [-0.4, -0.2) is 52.4 Å². The van der Waals surface area contributed by atoms with E-state index in [1.807, 2.05) is 36.4 Å². The first kappa shape index (κ1) is 16.9. The number of likely N-dealkylation sites (N-methyl/N-ethyl adjacent to an activating group) is 1. The van der Waals surface area contributed by atoms with Crippen LogP contribution >= 0.6 is 0 Å². The molecule has 7 nitrogen and oxygen atoms in total. The van der Waals surface area contributed by atoms with Crippen molar-refractivity contribution < 1.29 is 9.53 Å². The zero-order valence-corrected chi connectivity index (χ0v) is 14.6. The van der Waals surface area contributed by atoms with Crippen molar-refractivity contribution >= 4 is 17.2 Å². The van der Waals surface area contributed by atoms with E-state index in [1.54, 1.807) is 36.8 Å². The fraction of sp³-hybridized carbons (Fsp3) is 0.278. The van der Waals surface area contributed by atoms with Crippen LogP contribution in [0.1, 0.15) is 16.1 Å². The number of nitrogens with zero attached hydrogens (tertiary/aromatic N) is 4. The molecule has 0 saturated carbocycles. The van der Waals surface area contributed by atoms with E-state index in [0.29, 0.717) is 23.7 Å². The summed E-state index contributed by atoms with van der Waals surface area (Å²) in [6.45, 7) is 3.28. The number of imidazole rings is 1. The van der Waals surface area contributed by atoms with Gasteiger partial charge in [0.05, 0.1) is 5.56 Å². The molecule has 3 rings (SSSR count). The first-order valence-electron chi connectivity index (χ1n) is 8.01. The van der Waals surface area contributed by atoms with Crippen LogP contribution < -0.4 is 10.1 Å². The Bertz CT molecular complexity index is 888. The molecule has 0 atom stereocenters. The van der Waals surface area contributed by atoms with Gasteiger partial charge in [-0.05, 0) is 39.2 Å². The Hall–Kier alpha value is -2.93. The van der Waals surface area contributed by atoms with Crippen LogP contribution in [0.4, 0.5) is 5.69 Å². The zero-order valence-electron chi connectivity index (χ0n) is 14.6. The average Bonchev–Trinajstić information content (AvgIpc) is 2.95. The summed E-state index contributed by atoms with van der Waals surface area (Å²) in [5.74, 6) is 0.293. The lowest BCUT2D eigenvalue weighted by Gasteiger charge is -2.11. The molecule has 0 unspecified atom stereocenters. The minimum Gasteiger partial charge on any atom is -0.476 e. The highest BCUT2D eigenvalue weighted by Crippen LogP contribution is 2.16. The van der Waals surface area contributed by atoms with E-state index in [-0.39, 0.29) is 5.91 Å². The molecule has 0 aliphatic carbocycles. The Balaban J connectivity index is 1.70. The summed E-state index contributed by atoms with van der Waals surface area (Å²) in [6.07, 6.45) is 5.17. The molecular weight excluding hydrogens is 318 g/mol. The maximum absolute atomic E-state index is 12.5. The molecule has 3 heterocycles. The number of fused-ring (bicyclic) bond motifs is 1. The molecule has 0 fully saturated rings. The summed E-state index contributed by atoms with van der Waals surface area (Å²) in [5.41, 5.74) is 2.99. The number of pyridine rings is 2. The number of nitrogens with one attached hydrogen (secondary N) is 1. The van der Waals surface area contributed by atoms with Gasteiger partial charge in [0.15, 0.2) is 0 Å². The Labute approximate surface area is 146 Å². The first-order chi connectivity index (χ1) is 12.0. The van der Waals surface area contributed by atoms with Gasteiger partial charge in [0.1, 0.15) is 12.3 Å². The number of hydrogen-bond acceptors (Lipinski definition) is 5. The maximum Gasteiger partial charge on any atom is 0.257 e. The van der Waals surface area contributed by atoms with Crippen molar-refractivity contribution in [2.45, 2.75) is 6.92 Å². The summed E-state index contributed by atoms with van der Waals surface area (Å²) in [6, 6.07) is 7.03. The Kier molecular flexibility index (Phi) is 4.95. The lowest BCUT2D eigenvalue weighted by molar-refractivity contribution is 0.102. The number of ether oxygens (including phenoxy) is 1. The van der Waals surface area contributed by atoms with Crippen LogP contribution in [0, 0.1) is 6.92 Å². The van der Waals surface area contributed by atoms with Gasteiger partial charge in [0, 0.05) is 42.6 Å². The predicted octanol–water partition coefficient (Wildman–Crippen LogP) is 2.23. The van der Waals surface area contributed by atoms with Crippen molar-refractivity contribution in [2.75, 3.05) is 32.6 Å². The Morgan fingerprint density at radius 1 is 1.28 bits per heavy atom. The van der Waals surface area contributed by atoms with Crippen molar-refractivity contribution in [1.29, 1.82) is 0 Å². The molecule has 1 amide bonds. The highest BCUT2D eigenvalue weighted by atomic mass is 16.5. The number of aryl methyl sites for hydroxylation is 1. The maximum atomic E-state index is 12.5. The van der Waals surface area contributed by atoms with E-state index in [2.05, 4.69) is 15.3 Å². The van der Waals surface area contributed by atoms with Crippen molar-refractivity contribution in [1.82, 2.24) is 19.3 Å². The van der Waals surface area contributed by atoms with E-state index in [0.717, 1.165) is 17.9 Å². The number of aromatic nitrogens is 3. The molecule has 25 heavy (non-hydrogen) atoms. The fourth-order valence-electron chi connectivity index (χ4n) is 2.34. The van der Waals surface area contributed by atoms with E-state index in [4.69, 9.17) is 4.74 Å². The minimum atomic E-state index is -0.194. The van der Waals surface area contributed by atoms with Gasteiger partial charge in [-0.15, -0.1) is 0 Å². The summed E-state index contributed by atoms with van der Waals surface area (Å²) >= 11 is 0. The topological polar surface area (TPSA) is 71.8 Å². The van der Waals surface area contributed by atoms with Crippen molar-refractivity contribution in [3.05, 3.63) is 54.1 Å². The lowest BCUT2D eigenvalue weighted by atomic mass is 10.2. The van der Waals surface area contributed by atoms with Gasteiger partial charge in [-0.25, -0.2) is 9.97 Å². The van der Waals surface area contributed by atoms with Crippen LogP contribution in [0.2, 0.25) is 0 Å². The second-order valence-corrected chi connectivity index (χ2v) is 6.03. The molecule has 0 bridgehead atoms. The largest absolute Gasteiger partial charge is 0.476 e. The molecule has 0 saturated heterocycles. The normalized spacial score (nSPS) is 11.0. The van der Waals surface area contributed by atoms with Crippen LogP contribution in [0.25, 0.3) is 5.65 Å². The molecule has 3 aromatic heterocycles. The van der Waals surface area contributed by atoms with Gasteiger partial charge in [-0.1, -0.05) is 0 Å². The number of rotatable bonds is 6. The van der Waals surface area contributed by atoms with E-state index in [9.17, 15) is 4.79 Å². The van der Waals surface area contributed by atoms with Crippen LogP contribution in [0.15, 0.2) is 42.9 Å². The van der Waals surface area contributed by atoms with E-state index in [1.165, 1.54) is 0 Å². The second kappa shape index (κ2) is 7.31. The molecule has 3 aromatic rings. The average molecular weight is 339 g/mol. The first-order valence-corrected chi connectivity index (χ1v) is 8.01. The van der Waals surface area contributed by atoms with Gasteiger partial charge >= 0.3 is 0 Å². The number of hydrogen-bond donors (Lipinski definition) is 1. The molecule has 0 aromatic carbocycles. The molecule has 0 radical (unpaired) electrons. The highest BCUT2D eigenvalue weighted by molar-refractivity contribution is 6.04. The van der Waals surface area contributed by atoms with Crippen LogP contribution in [0.3, 0.4) is 0 Å². The second-order valence-electron chi connectivity index (χ2n) is 6.03. The zero-order chi connectivity index (χ0) is 17.8. The summed E-state index contributed by atoms with van der Waals surface area (Å²) in [7, 11) is 3.96. The van der Waals surface area contributed by atoms with Crippen LogP contribution in [-0.2, 0) is 0 Å². The number of carbonyl (C=O) groups excluding carboxylic acids is 1. The quantitative estimate of drug-likeness (QED) is 0.746. The smallest absolute Gasteiger partial charge is 0.257 e. The third-order valence-corrected chi connectivity index (χ3v) is 3.73. The molecule has 0 aliphatic heterocycles. The number of carbonyl (C=O) groups is 1. The van der Waals surface area contributed by atoms with Crippen molar-refractivity contribution in [3.8, 4) is 5.88 Å². The molecular formula is C18H21N5O2. The number of anilines is 1. The standard InChI is InChI=1S/C18H21N5O2/c1-13-11-20-16-5-4-14(12-23(13)16)18(24)21-15-6-7-19-17(10-15)25-9-8-22(2)3/h4-7,10-12H,8-9H2,1-3H3,(H,19,21,24). The Morgan fingerprint density at radius 2 is 2.12 bits per heavy atom. The third-order valence-electron chi connectivity index (χ3n) is 3.73.